The summed E-state index contributed by atoms with van der Waals surface area (Å²) < 4.78 is 0.469. The SMILES string of the molecule is O=c1ccnc(Sc2nc[nH]c(=O)c2I)[nH]1. The zero-order valence-electron chi connectivity index (χ0n) is 7.73. The molecule has 0 spiro atoms. The lowest BCUT2D eigenvalue weighted by Gasteiger charge is -2.00. The van der Waals surface area contributed by atoms with E-state index in [1.165, 1.54) is 18.6 Å². The van der Waals surface area contributed by atoms with E-state index in [4.69, 9.17) is 0 Å². The summed E-state index contributed by atoms with van der Waals surface area (Å²) in [7, 11) is 0. The number of nitrogens with zero attached hydrogens (tertiary/aromatic N) is 2. The van der Waals surface area contributed by atoms with E-state index in [1.54, 1.807) is 0 Å². The monoisotopic (exact) mass is 348 g/mol. The maximum atomic E-state index is 11.3. The van der Waals surface area contributed by atoms with Crippen molar-refractivity contribution in [2.24, 2.45) is 0 Å². The van der Waals surface area contributed by atoms with Crippen LogP contribution in [0.25, 0.3) is 0 Å². The molecule has 0 saturated carbocycles. The molecule has 0 saturated heterocycles. The van der Waals surface area contributed by atoms with Gasteiger partial charge in [-0.3, -0.25) is 9.59 Å². The number of H-pyrrole nitrogens is 2. The number of rotatable bonds is 2. The molecule has 2 rings (SSSR count). The molecule has 8 heteroatoms. The molecule has 0 unspecified atom stereocenters. The zero-order valence-corrected chi connectivity index (χ0v) is 10.7. The molecule has 6 nitrogen and oxygen atoms in total. The standard InChI is InChI=1S/C8H5IN4O2S/c9-5-6(15)11-3-12-7(5)16-8-10-2-1-4(14)13-8/h1-3H,(H,10,13,14)(H,11,12,15). The molecule has 0 bridgehead atoms. The van der Waals surface area contributed by atoms with Crippen LogP contribution in [0.2, 0.25) is 0 Å². The maximum absolute atomic E-state index is 11.3. The lowest BCUT2D eigenvalue weighted by atomic mass is 10.7. The fourth-order valence-corrected chi connectivity index (χ4v) is 2.29. The Morgan fingerprint density at radius 2 is 2.12 bits per heavy atom. The average molecular weight is 348 g/mol. The van der Waals surface area contributed by atoms with Crippen molar-refractivity contribution in [2.45, 2.75) is 10.2 Å². The topological polar surface area (TPSA) is 91.5 Å². The van der Waals surface area contributed by atoms with Gasteiger partial charge in [0.15, 0.2) is 5.16 Å². The fraction of sp³-hybridized carbons (Fsp3) is 0. The molecular formula is C8H5IN4O2S. The Labute approximate surface area is 107 Å². The van der Waals surface area contributed by atoms with Crippen molar-refractivity contribution in [1.82, 2.24) is 19.9 Å². The molecule has 0 radical (unpaired) electrons. The summed E-state index contributed by atoms with van der Waals surface area (Å²) in [5.74, 6) is 0. The maximum Gasteiger partial charge on any atom is 0.265 e. The Kier molecular flexibility index (Phi) is 3.39. The lowest BCUT2D eigenvalue weighted by molar-refractivity contribution is 0.922. The molecule has 2 heterocycles. The normalized spacial score (nSPS) is 10.3. The van der Waals surface area contributed by atoms with Crippen molar-refractivity contribution >= 4 is 34.4 Å². The highest BCUT2D eigenvalue weighted by Gasteiger charge is 2.08. The number of aromatic nitrogens is 4. The second-order valence-electron chi connectivity index (χ2n) is 2.69. The van der Waals surface area contributed by atoms with E-state index in [0.717, 1.165) is 11.8 Å². The Morgan fingerprint density at radius 1 is 1.31 bits per heavy atom. The first-order chi connectivity index (χ1) is 7.66. The van der Waals surface area contributed by atoms with Crippen molar-refractivity contribution in [3.05, 3.63) is 42.9 Å². The molecule has 0 atom stereocenters. The summed E-state index contributed by atoms with van der Waals surface area (Å²) >= 11 is 3.03. The molecular weight excluding hydrogens is 343 g/mol. The van der Waals surface area contributed by atoms with Crippen LogP contribution in [0.4, 0.5) is 0 Å². The first-order valence-electron chi connectivity index (χ1n) is 4.13. The molecule has 0 aliphatic heterocycles. The van der Waals surface area contributed by atoms with Gasteiger partial charge in [-0.2, -0.15) is 0 Å². The molecule has 2 aromatic rings. The predicted octanol–water partition coefficient (Wildman–Crippen LogP) is 0.609. The summed E-state index contributed by atoms with van der Waals surface area (Å²) in [4.78, 5) is 35.3. The van der Waals surface area contributed by atoms with Gasteiger partial charge in [-0.15, -0.1) is 0 Å². The highest BCUT2D eigenvalue weighted by atomic mass is 127. The first-order valence-corrected chi connectivity index (χ1v) is 6.03. The summed E-state index contributed by atoms with van der Waals surface area (Å²) in [6.07, 6.45) is 2.72. The molecule has 82 valence electrons. The van der Waals surface area contributed by atoms with Crippen LogP contribution >= 0.6 is 34.4 Å². The minimum Gasteiger partial charge on any atom is -0.312 e. The van der Waals surface area contributed by atoms with Gasteiger partial charge in [-0.25, -0.2) is 9.97 Å². The summed E-state index contributed by atoms with van der Waals surface area (Å²) in [5, 5.41) is 0.919. The van der Waals surface area contributed by atoms with Gasteiger partial charge in [0.2, 0.25) is 0 Å². The van der Waals surface area contributed by atoms with Crippen LogP contribution in [0.15, 0.2) is 38.4 Å². The minimum atomic E-state index is -0.239. The van der Waals surface area contributed by atoms with E-state index >= 15 is 0 Å². The third kappa shape index (κ3) is 2.50. The van der Waals surface area contributed by atoms with E-state index in [2.05, 4.69) is 19.9 Å². The number of hydrogen-bond donors (Lipinski definition) is 2. The quantitative estimate of drug-likeness (QED) is 0.471. The number of hydrogen-bond acceptors (Lipinski definition) is 5. The molecule has 2 aromatic heterocycles. The van der Waals surface area contributed by atoms with Gasteiger partial charge >= 0.3 is 0 Å². The highest BCUT2D eigenvalue weighted by molar-refractivity contribution is 14.1. The van der Waals surface area contributed by atoms with E-state index in [-0.39, 0.29) is 11.1 Å². The number of aromatic amines is 2. The van der Waals surface area contributed by atoms with Crippen molar-refractivity contribution in [2.75, 3.05) is 0 Å². The number of halogens is 1. The molecule has 2 N–H and O–H groups in total. The molecule has 0 aliphatic carbocycles. The van der Waals surface area contributed by atoms with Crippen molar-refractivity contribution in [3.8, 4) is 0 Å². The van der Waals surface area contributed by atoms with Gasteiger partial charge in [0.05, 0.1) is 6.33 Å². The van der Waals surface area contributed by atoms with E-state index in [9.17, 15) is 9.59 Å². The van der Waals surface area contributed by atoms with Gasteiger partial charge in [-0.05, 0) is 34.4 Å². The van der Waals surface area contributed by atoms with E-state index in [1.807, 2.05) is 22.6 Å². The van der Waals surface area contributed by atoms with Gasteiger partial charge in [0.1, 0.15) is 8.60 Å². The average Bonchev–Trinajstić information content (AvgIpc) is 2.25. The van der Waals surface area contributed by atoms with Gasteiger partial charge in [0, 0.05) is 12.3 Å². The van der Waals surface area contributed by atoms with Gasteiger partial charge < -0.3 is 9.97 Å². The minimum absolute atomic E-state index is 0.212. The van der Waals surface area contributed by atoms with Crippen LogP contribution in [-0.2, 0) is 0 Å². The summed E-state index contributed by atoms with van der Waals surface area (Å²) in [6.45, 7) is 0. The first kappa shape index (κ1) is 11.3. The van der Waals surface area contributed by atoms with Crippen LogP contribution in [0.5, 0.6) is 0 Å². The van der Waals surface area contributed by atoms with Crippen molar-refractivity contribution in [3.63, 3.8) is 0 Å². The summed E-state index contributed by atoms with van der Waals surface area (Å²) in [6, 6.07) is 1.32. The van der Waals surface area contributed by atoms with Gasteiger partial charge in [0.25, 0.3) is 11.1 Å². The van der Waals surface area contributed by atoms with E-state index < -0.39 is 0 Å². The largest absolute Gasteiger partial charge is 0.312 e. The molecule has 0 aromatic carbocycles. The zero-order chi connectivity index (χ0) is 11.5. The molecule has 16 heavy (non-hydrogen) atoms. The fourth-order valence-electron chi connectivity index (χ4n) is 0.933. The third-order valence-corrected chi connectivity index (χ3v) is 3.88. The van der Waals surface area contributed by atoms with Gasteiger partial charge in [-0.1, -0.05) is 0 Å². The second kappa shape index (κ2) is 4.78. The van der Waals surface area contributed by atoms with Crippen LogP contribution in [0.1, 0.15) is 0 Å². The smallest absolute Gasteiger partial charge is 0.265 e. The second-order valence-corrected chi connectivity index (χ2v) is 4.75. The van der Waals surface area contributed by atoms with Crippen LogP contribution in [0, 0.1) is 3.57 Å². The summed E-state index contributed by atoms with van der Waals surface area (Å²) in [5.41, 5.74) is -0.450. The third-order valence-electron chi connectivity index (χ3n) is 1.61. The van der Waals surface area contributed by atoms with Crippen LogP contribution in [-0.4, -0.2) is 19.9 Å². The Balaban J connectivity index is 2.38. The Hall–Kier alpha value is -1.16. The predicted molar refractivity (Wildman–Crippen MR) is 66.6 cm³/mol. The van der Waals surface area contributed by atoms with Crippen molar-refractivity contribution < 1.29 is 0 Å². The lowest BCUT2D eigenvalue weighted by Crippen LogP contribution is -2.12. The van der Waals surface area contributed by atoms with Crippen LogP contribution in [0.3, 0.4) is 0 Å². The van der Waals surface area contributed by atoms with E-state index in [0.29, 0.717) is 13.8 Å². The van der Waals surface area contributed by atoms with Crippen LogP contribution < -0.4 is 11.1 Å². The molecule has 0 amide bonds. The molecule has 0 aliphatic rings. The Morgan fingerprint density at radius 3 is 2.88 bits per heavy atom. The number of nitrogens with one attached hydrogen (secondary N) is 2. The van der Waals surface area contributed by atoms with Crippen molar-refractivity contribution in [1.29, 1.82) is 0 Å². The Bertz CT molecular complexity index is 624. The highest BCUT2D eigenvalue weighted by Crippen LogP contribution is 2.23. The molecule has 0 fully saturated rings.